The third kappa shape index (κ3) is 4.05. The second kappa shape index (κ2) is 6.45. The summed E-state index contributed by atoms with van der Waals surface area (Å²) in [6, 6.07) is 9.73. The molecule has 0 bridgehead atoms. The average molecular weight is 387 g/mol. The van der Waals surface area contributed by atoms with Gasteiger partial charge in [0.05, 0.1) is 16.3 Å². The molecular formula is C14H12BrFN2O3S. The van der Waals surface area contributed by atoms with Crippen LogP contribution in [0.2, 0.25) is 0 Å². The molecule has 2 aromatic rings. The lowest BCUT2D eigenvalue weighted by atomic mass is 10.2. The highest BCUT2D eigenvalue weighted by Gasteiger charge is 2.15. The SMILES string of the molecule is CC(=O)Nc1cc(NS(=O)(=O)c2cccc(Br)c2)ccc1F. The van der Waals surface area contributed by atoms with Gasteiger partial charge in [0.15, 0.2) is 0 Å². The summed E-state index contributed by atoms with van der Waals surface area (Å²) in [5, 5.41) is 2.29. The van der Waals surface area contributed by atoms with E-state index in [0.29, 0.717) is 4.47 Å². The Labute approximate surface area is 135 Å². The van der Waals surface area contributed by atoms with Crippen molar-refractivity contribution in [1.82, 2.24) is 0 Å². The standard InChI is InChI=1S/C14H12BrFN2O3S/c1-9(19)17-14-8-11(5-6-13(14)16)18-22(20,21)12-4-2-3-10(15)7-12/h2-8,18H,1H3,(H,17,19). The second-order valence-corrected chi connectivity index (χ2v) is 7.04. The third-order valence-electron chi connectivity index (χ3n) is 2.64. The number of amides is 1. The summed E-state index contributed by atoms with van der Waals surface area (Å²) in [7, 11) is -3.81. The number of carbonyl (C=O) groups excluding carboxylic acids is 1. The molecule has 116 valence electrons. The lowest BCUT2D eigenvalue weighted by Crippen LogP contribution is -2.14. The smallest absolute Gasteiger partial charge is 0.261 e. The minimum Gasteiger partial charge on any atom is -0.324 e. The number of benzene rings is 2. The van der Waals surface area contributed by atoms with E-state index >= 15 is 0 Å². The molecule has 0 spiro atoms. The van der Waals surface area contributed by atoms with Crippen LogP contribution in [-0.2, 0) is 14.8 Å². The maximum absolute atomic E-state index is 13.5. The Morgan fingerprint density at radius 3 is 2.55 bits per heavy atom. The largest absolute Gasteiger partial charge is 0.324 e. The molecule has 2 rings (SSSR count). The fourth-order valence-electron chi connectivity index (χ4n) is 1.72. The van der Waals surface area contributed by atoms with E-state index in [-0.39, 0.29) is 16.3 Å². The molecule has 0 atom stereocenters. The molecule has 2 N–H and O–H groups in total. The Hall–Kier alpha value is -1.93. The van der Waals surface area contributed by atoms with Crippen molar-refractivity contribution in [3.63, 3.8) is 0 Å². The summed E-state index contributed by atoms with van der Waals surface area (Å²) >= 11 is 3.20. The summed E-state index contributed by atoms with van der Waals surface area (Å²) in [5.41, 5.74) is 0.0482. The maximum Gasteiger partial charge on any atom is 0.261 e. The summed E-state index contributed by atoms with van der Waals surface area (Å²) in [6.07, 6.45) is 0. The zero-order valence-corrected chi connectivity index (χ0v) is 13.8. The molecule has 5 nitrogen and oxygen atoms in total. The second-order valence-electron chi connectivity index (χ2n) is 4.44. The molecule has 8 heteroatoms. The number of rotatable bonds is 4. The number of carbonyl (C=O) groups is 1. The Balaban J connectivity index is 2.32. The van der Waals surface area contributed by atoms with Gasteiger partial charge < -0.3 is 5.32 Å². The number of sulfonamides is 1. The zero-order chi connectivity index (χ0) is 16.3. The van der Waals surface area contributed by atoms with Gasteiger partial charge in [-0.2, -0.15) is 0 Å². The first-order valence-corrected chi connectivity index (χ1v) is 8.41. The van der Waals surface area contributed by atoms with Crippen LogP contribution in [0, 0.1) is 5.82 Å². The molecule has 0 aliphatic heterocycles. The van der Waals surface area contributed by atoms with E-state index in [9.17, 15) is 17.6 Å². The molecule has 1 amide bonds. The molecule has 0 aliphatic carbocycles. The maximum atomic E-state index is 13.5. The zero-order valence-electron chi connectivity index (χ0n) is 11.4. The van der Waals surface area contributed by atoms with E-state index in [0.717, 1.165) is 6.07 Å². The molecule has 0 fully saturated rings. The first-order chi connectivity index (χ1) is 10.3. The van der Waals surface area contributed by atoms with Crippen LogP contribution >= 0.6 is 15.9 Å². The van der Waals surface area contributed by atoms with Gasteiger partial charge in [-0.15, -0.1) is 0 Å². The molecule has 22 heavy (non-hydrogen) atoms. The first kappa shape index (κ1) is 16.4. The van der Waals surface area contributed by atoms with Crippen molar-refractivity contribution in [3.8, 4) is 0 Å². The minimum atomic E-state index is -3.81. The van der Waals surface area contributed by atoms with Crippen LogP contribution in [0.5, 0.6) is 0 Å². The molecule has 2 aromatic carbocycles. The van der Waals surface area contributed by atoms with Crippen LogP contribution in [0.4, 0.5) is 15.8 Å². The number of hydrogen-bond acceptors (Lipinski definition) is 3. The van der Waals surface area contributed by atoms with E-state index < -0.39 is 21.7 Å². The van der Waals surface area contributed by atoms with Gasteiger partial charge in [-0.1, -0.05) is 22.0 Å². The van der Waals surface area contributed by atoms with E-state index in [2.05, 4.69) is 26.0 Å². The Bertz CT molecular complexity index is 825. The normalized spacial score (nSPS) is 11.0. The van der Waals surface area contributed by atoms with Gasteiger partial charge in [0, 0.05) is 11.4 Å². The molecule has 0 saturated heterocycles. The van der Waals surface area contributed by atoms with Crippen molar-refractivity contribution in [2.75, 3.05) is 10.0 Å². The van der Waals surface area contributed by atoms with Gasteiger partial charge in [0.25, 0.3) is 10.0 Å². The lowest BCUT2D eigenvalue weighted by molar-refractivity contribution is -0.114. The number of nitrogens with one attached hydrogen (secondary N) is 2. The van der Waals surface area contributed by atoms with Gasteiger partial charge in [0.1, 0.15) is 5.82 Å². The van der Waals surface area contributed by atoms with Crippen LogP contribution in [0.3, 0.4) is 0 Å². The molecule has 0 unspecified atom stereocenters. The highest BCUT2D eigenvalue weighted by atomic mass is 79.9. The first-order valence-electron chi connectivity index (χ1n) is 6.13. The van der Waals surface area contributed by atoms with Crippen LogP contribution in [-0.4, -0.2) is 14.3 Å². The summed E-state index contributed by atoms with van der Waals surface area (Å²) in [4.78, 5) is 11.1. The Morgan fingerprint density at radius 2 is 1.91 bits per heavy atom. The molecule has 0 saturated carbocycles. The fourth-order valence-corrected chi connectivity index (χ4v) is 3.37. The van der Waals surface area contributed by atoms with Crippen molar-refractivity contribution in [1.29, 1.82) is 0 Å². The van der Waals surface area contributed by atoms with E-state index in [1.54, 1.807) is 12.1 Å². The summed E-state index contributed by atoms with van der Waals surface area (Å²) < 4.78 is 41.0. The number of halogens is 2. The Kier molecular flexibility index (Phi) is 4.82. The molecular weight excluding hydrogens is 375 g/mol. The molecule has 0 aromatic heterocycles. The van der Waals surface area contributed by atoms with Gasteiger partial charge in [-0.25, -0.2) is 12.8 Å². The molecule has 0 radical (unpaired) electrons. The van der Waals surface area contributed by atoms with Crippen molar-refractivity contribution in [2.45, 2.75) is 11.8 Å². The number of hydrogen-bond donors (Lipinski definition) is 2. The monoisotopic (exact) mass is 386 g/mol. The average Bonchev–Trinajstić information content (AvgIpc) is 2.42. The molecule has 0 heterocycles. The summed E-state index contributed by atoms with van der Waals surface area (Å²) in [5.74, 6) is -1.11. The predicted molar refractivity (Wildman–Crippen MR) is 85.7 cm³/mol. The van der Waals surface area contributed by atoms with E-state index in [4.69, 9.17) is 0 Å². The third-order valence-corrected chi connectivity index (χ3v) is 4.51. The van der Waals surface area contributed by atoms with Crippen molar-refractivity contribution >= 4 is 43.2 Å². The van der Waals surface area contributed by atoms with Crippen LogP contribution in [0.15, 0.2) is 51.8 Å². The minimum absolute atomic E-state index is 0.0623. The molecule has 0 aliphatic rings. The van der Waals surface area contributed by atoms with Crippen LogP contribution in [0.25, 0.3) is 0 Å². The van der Waals surface area contributed by atoms with Crippen molar-refractivity contribution in [3.05, 3.63) is 52.8 Å². The lowest BCUT2D eigenvalue weighted by Gasteiger charge is -2.11. The van der Waals surface area contributed by atoms with Gasteiger partial charge in [0.2, 0.25) is 5.91 Å². The van der Waals surface area contributed by atoms with E-state index in [1.165, 1.54) is 31.2 Å². The van der Waals surface area contributed by atoms with Crippen molar-refractivity contribution < 1.29 is 17.6 Å². The predicted octanol–water partition coefficient (Wildman–Crippen LogP) is 3.35. The van der Waals surface area contributed by atoms with Crippen LogP contribution < -0.4 is 10.0 Å². The summed E-state index contributed by atoms with van der Waals surface area (Å²) in [6.45, 7) is 1.23. The highest BCUT2D eigenvalue weighted by molar-refractivity contribution is 9.10. The topological polar surface area (TPSA) is 75.3 Å². The quantitative estimate of drug-likeness (QED) is 0.845. The van der Waals surface area contributed by atoms with Gasteiger partial charge in [-0.05, 0) is 36.4 Å². The van der Waals surface area contributed by atoms with Gasteiger partial charge in [-0.3, -0.25) is 9.52 Å². The number of anilines is 2. The van der Waals surface area contributed by atoms with Crippen LogP contribution in [0.1, 0.15) is 6.92 Å². The fraction of sp³-hybridized carbons (Fsp3) is 0.0714. The van der Waals surface area contributed by atoms with Crippen molar-refractivity contribution in [2.24, 2.45) is 0 Å². The van der Waals surface area contributed by atoms with E-state index in [1.807, 2.05) is 0 Å². The van der Waals surface area contributed by atoms with Gasteiger partial charge >= 0.3 is 0 Å². The highest BCUT2D eigenvalue weighted by Crippen LogP contribution is 2.23. The Morgan fingerprint density at radius 1 is 1.18 bits per heavy atom.